The first kappa shape index (κ1) is 12.5. The van der Waals surface area contributed by atoms with Crippen LogP contribution in [0.3, 0.4) is 0 Å². The van der Waals surface area contributed by atoms with Crippen molar-refractivity contribution in [3.63, 3.8) is 0 Å². The van der Waals surface area contributed by atoms with E-state index < -0.39 is 0 Å². The molecule has 3 atom stereocenters. The molecule has 94 valence electrons. The maximum absolute atomic E-state index is 2.51. The lowest BCUT2D eigenvalue weighted by molar-refractivity contribution is -0.0108. The average Bonchev–Trinajstić information content (AvgIpc) is 2.14. The van der Waals surface area contributed by atoms with Crippen LogP contribution in [0, 0.1) is 28.6 Å². The van der Waals surface area contributed by atoms with E-state index in [9.17, 15) is 0 Å². The van der Waals surface area contributed by atoms with Crippen molar-refractivity contribution in [3.8, 4) is 0 Å². The molecule has 0 N–H and O–H groups in total. The standard InChI is InChI=1S/C16H30/c1-6-14-9-12-7-8-15(2,3)10-13(12)11-16(14,4)5/h12-14H,6-11H2,1-5H3. The molecule has 2 rings (SSSR count). The molecule has 0 heteroatoms. The van der Waals surface area contributed by atoms with E-state index in [0.717, 1.165) is 17.8 Å². The second kappa shape index (κ2) is 4.03. The van der Waals surface area contributed by atoms with E-state index in [1.807, 2.05) is 0 Å². The van der Waals surface area contributed by atoms with Gasteiger partial charge in [0.05, 0.1) is 0 Å². The summed E-state index contributed by atoms with van der Waals surface area (Å²) < 4.78 is 0. The molecule has 0 bridgehead atoms. The zero-order valence-electron chi connectivity index (χ0n) is 12.0. The molecule has 0 aliphatic heterocycles. The Balaban J connectivity index is 2.09. The molecule has 0 heterocycles. The van der Waals surface area contributed by atoms with Crippen LogP contribution in [0.1, 0.15) is 73.1 Å². The molecule has 2 fully saturated rings. The second-order valence-corrected chi connectivity index (χ2v) is 7.96. The van der Waals surface area contributed by atoms with Crippen LogP contribution in [0.4, 0.5) is 0 Å². The minimum atomic E-state index is 0.601. The fraction of sp³-hybridized carbons (Fsp3) is 1.00. The van der Waals surface area contributed by atoms with Gasteiger partial charge in [-0.15, -0.1) is 0 Å². The Morgan fingerprint density at radius 3 is 2.31 bits per heavy atom. The van der Waals surface area contributed by atoms with Crippen LogP contribution >= 0.6 is 0 Å². The predicted octanol–water partition coefficient (Wildman–Crippen LogP) is 5.28. The zero-order chi connectivity index (χ0) is 12.0. The van der Waals surface area contributed by atoms with Crippen LogP contribution in [0.25, 0.3) is 0 Å². The van der Waals surface area contributed by atoms with E-state index in [4.69, 9.17) is 0 Å². The smallest absolute Gasteiger partial charge is 0.0323 e. The Bertz CT molecular complexity index is 249. The molecule has 2 saturated carbocycles. The Hall–Kier alpha value is 0. The molecule has 0 amide bonds. The molecule has 0 radical (unpaired) electrons. The van der Waals surface area contributed by atoms with Gasteiger partial charge in [0.1, 0.15) is 0 Å². The fourth-order valence-electron chi connectivity index (χ4n) is 4.59. The SMILES string of the molecule is CCC1CC2CCC(C)(C)CC2CC1(C)C. The number of hydrogen-bond acceptors (Lipinski definition) is 0. The van der Waals surface area contributed by atoms with E-state index in [-0.39, 0.29) is 0 Å². The van der Waals surface area contributed by atoms with Crippen LogP contribution < -0.4 is 0 Å². The average molecular weight is 222 g/mol. The van der Waals surface area contributed by atoms with Gasteiger partial charge in [-0.05, 0) is 60.7 Å². The topological polar surface area (TPSA) is 0 Å². The highest BCUT2D eigenvalue weighted by atomic mass is 14.5. The normalized spacial score (nSPS) is 41.4. The van der Waals surface area contributed by atoms with Crippen molar-refractivity contribution in [1.29, 1.82) is 0 Å². The van der Waals surface area contributed by atoms with Gasteiger partial charge in [-0.2, -0.15) is 0 Å². The number of rotatable bonds is 1. The molecular weight excluding hydrogens is 192 g/mol. The molecule has 0 spiro atoms. The van der Waals surface area contributed by atoms with Crippen molar-refractivity contribution in [3.05, 3.63) is 0 Å². The van der Waals surface area contributed by atoms with E-state index in [2.05, 4.69) is 34.6 Å². The van der Waals surface area contributed by atoms with Crippen molar-refractivity contribution in [2.24, 2.45) is 28.6 Å². The molecule has 0 aromatic carbocycles. The highest BCUT2D eigenvalue weighted by Crippen LogP contribution is 2.55. The lowest BCUT2D eigenvalue weighted by Crippen LogP contribution is -2.41. The lowest BCUT2D eigenvalue weighted by atomic mass is 9.54. The molecule has 2 aliphatic carbocycles. The highest BCUT2D eigenvalue weighted by Gasteiger charge is 2.44. The number of hydrogen-bond donors (Lipinski definition) is 0. The van der Waals surface area contributed by atoms with Crippen LogP contribution in [-0.2, 0) is 0 Å². The Morgan fingerprint density at radius 2 is 1.69 bits per heavy atom. The molecule has 3 unspecified atom stereocenters. The van der Waals surface area contributed by atoms with Crippen molar-refractivity contribution < 1.29 is 0 Å². The molecule has 0 aromatic heterocycles. The third kappa shape index (κ3) is 2.31. The third-order valence-electron chi connectivity index (χ3n) is 5.65. The largest absolute Gasteiger partial charge is 0.0651 e. The van der Waals surface area contributed by atoms with Crippen molar-refractivity contribution in [1.82, 2.24) is 0 Å². The Kier molecular flexibility index (Phi) is 3.14. The molecule has 0 nitrogen and oxygen atoms in total. The summed E-state index contributed by atoms with van der Waals surface area (Å²) in [7, 11) is 0. The minimum absolute atomic E-state index is 0.601. The van der Waals surface area contributed by atoms with Gasteiger partial charge >= 0.3 is 0 Å². The Labute approximate surface area is 102 Å². The molecule has 0 aromatic rings. The maximum Gasteiger partial charge on any atom is -0.0323 e. The summed E-state index contributed by atoms with van der Waals surface area (Å²) in [5.74, 6) is 3.07. The van der Waals surface area contributed by atoms with E-state index in [1.54, 1.807) is 0 Å². The molecular formula is C16H30. The summed E-state index contributed by atoms with van der Waals surface area (Å²) in [5, 5.41) is 0. The van der Waals surface area contributed by atoms with Crippen LogP contribution in [0.5, 0.6) is 0 Å². The van der Waals surface area contributed by atoms with Gasteiger partial charge in [0.25, 0.3) is 0 Å². The lowest BCUT2D eigenvalue weighted by Gasteiger charge is -2.51. The summed E-state index contributed by atoms with van der Waals surface area (Å²) >= 11 is 0. The molecule has 2 aliphatic rings. The van der Waals surface area contributed by atoms with Crippen LogP contribution in [0.2, 0.25) is 0 Å². The van der Waals surface area contributed by atoms with E-state index in [1.165, 1.54) is 38.5 Å². The Morgan fingerprint density at radius 1 is 1.00 bits per heavy atom. The highest BCUT2D eigenvalue weighted by molar-refractivity contribution is 4.95. The van der Waals surface area contributed by atoms with Gasteiger partial charge in [-0.3, -0.25) is 0 Å². The zero-order valence-corrected chi connectivity index (χ0v) is 12.0. The van der Waals surface area contributed by atoms with Gasteiger partial charge in [0, 0.05) is 0 Å². The van der Waals surface area contributed by atoms with Crippen LogP contribution in [0.15, 0.2) is 0 Å². The summed E-state index contributed by atoms with van der Waals surface area (Å²) in [4.78, 5) is 0. The predicted molar refractivity (Wildman–Crippen MR) is 71.4 cm³/mol. The van der Waals surface area contributed by atoms with E-state index >= 15 is 0 Å². The van der Waals surface area contributed by atoms with Crippen LogP contribution in [-0.4, -0.2) is 0 Å². The first-order chi connectivity index (χ1) is 7.34. The maximum atomic E-state index is 2.51. The fourth-order valence-corrected chi connectivity index (χ4v) is 4.59. The van der Waals surface area contributed by atoms with Gasteiger partial charge in [0.15, 0.2) is 0 Å². The quantitative estimate of drug-likeness (QED) is 0.566. The third-order valence-corrected chi connectivity index (χ3v) is 5.65. The minimum Gasteiger partial charge on any atom is -0.0651 e. The second-order valence-electron chi connectivity index (χ2n) is 7.96. The monoisotopic (exact) mass is 222 g/mol. The van der Waals surface area contributed by atoms with Gasteiger partial charge < -0.3 is 0 Å². The summed E-state index contributed by atoms with van der Waals surface area (Å²) in [6, 6.07) is 0. The first-order valence-corrected chi connectivity index (χ1v) is 7.34. The summed E-state index contributed by atoms with van der Waals surface area (Å²) in [5.41, 5.74) is 1.22. The van der Waals surface area contributed by atoms with Gasteiger partial charge in [-0.1, -0.05) is 41.0 Å². The van der Waals surface area contributed by atoms with E-state index in [0.29, 0.717) is 10.8 Å². The van der Waals surface area contributed by atoms with Crippen molar-refractivity contribution >= 4 is 0 Å². The first-order valence-electron chi connectivity index (χ1n) is 7.34. The number of fused-ring (bicyclic) bond motifs is 1. The summed E-state index contributed by atoms with van der Waals surface area (Å²) in [6.45, 7) is 12.4. The summed E-state index contributed by atoms with van der Waals surface area (Å²) in [6.07, 6.45) is 8.84. The molecule has 16 heavy (non-hydrogen) atoms. The van der Waals surface area contributed by atoms with Gasteiger partial charge in [0.2, 0.25) is 0 Å². The molecule has 0 saturated heterocycles. The van der Waals surface area contributed by atoms with Crippen molar-refractivity contribution in [2.45, 2.75) is 73.1 Å². The van der Waals surface area contributed by atoms with Crippen molar-refractivity contribution in [2.75, 3.05) is 0 Å². The van der Waals surface area contributed by atoms with Gasteiger partial charge in [-0.25, -0.2) is 0 Å².